The fourth-order valence-electron chi connectivity index (χ4n) is 2.94. The van der Waals surface area contributed by atoms with Crippen molar-refractivity contribution in [2.24, 2.45) is 0 Å². The molecule has 3 nitrogen and oxygen atoms in total. The summed E-state index contributed by atoms with van der Waals surface area (Å²) in [5.74, 6) is -0.00306. The molecule has 2 N–H and O–H groups in total. The number of nitrogens with one attached hydrogen (secondary N) is 2. The Balaban J connectivity index is 2.20. The first kappa shape index (κ1) is 17.1. The van der Waals surface area contributed by atoms with Crippen LogP contribution in [0.2, 0.25) is 0 Å². The van der Waals surface area contributed by atoms with Crippen LogP contribution in [0.25, 0.3) is 0 Å². The molecule has 1 aromatic carbocycles. The van der Waals surface area contributed by atoms with E-state index >= 15 is 0 Å². The van der Waals surface area contributed by atoms with E-state index in [-0.39, 0.29) is 18.0 Å². The van der Waals surface area contributed by atoms with Gasteiger partial charge in [0.25, 0.3) is 0 Å². The average Bonchev–Trinajstić information content (AvgIpc) is 2.53. The van der Waals surface area contributed by atoms with E-state index in [9.17, 15) is 4.79 Å². The Morgan fingerprint density at radius 2 is 2.13 bits per heavy atom. The molecule has 0 bridgehead atoms. The number of benzene rings is 1. The van der Waals surface area contributed by atoms with Gasteiger partial charge in [0.05, 0.1) is 6.04 Å². The topological polar surface area (TPSA) is 41.1 Å². The standard InChI is InChI=1S/C20H26N2O/c1-5-16-10-11-18(22-19(16)6-2)13-20(21-15(4)23)17-9-7-8-14(3)12-17/h5-12,18,20,22H,13H2,1-4H3,(H,21,23)/b16-5-,19-6+/t18?,20-/m1/s1. The fraction of sp³-hybridized carbons (Fsp3) is 0.350. The normalized spacial score (nSPS) is 22.0. The Morgan fingerprint density at radius 3 is 2.74 bits per heavy atom. The molecule has 0 aliphatic carbocycles. The number of amides is 1. The van der Waals surface area contributed by atoms with E-state index in [1.54, 1.807) is 6.92 Å². The Hall–Kier alpha value is -2.29. The van der Waals surface area contributed by atoms with Crippen molar-refractivity contribution in [1.29, 1.82) is 0 Å². The molecule has 0 saturated carbocycles. The van der Waals surface area contributed by atoms with E-state index in [1.807, 2.05) is 19.9 Å². The van der Waals surface area contributed by atoms with Crippen LogP contribution in [-0.4, -0.2) is 11.9 Å². The second-order valence-corrected chi connectivity index (χ2v) is 5.96. The molecule has 1 heterocycles. The van der Waals surface area contributed by atoms with Crippen molar-refractivity contribution in [1.82, 2.24) is 10.6 Å². The zero-order chi connectivity index (χ0) is 16.8. The molecule has 1 aliphatic heterocycles. The molecule has 122 valence electrons. The molecule has 0 spiro atoms. The van der Waals surface area contributed by atoms with Crippen molar-refractivity contribution < 1.29 is 4.79 Å². The number of rotatable bonds is 4. The summed E-state index contributed by atoms with van der Waals surface area (Å²) in [6.07, 6.45) is 9.32. The van der Waals surface area contributed by atoms with E-state index in [1.165, 1.54) is 11.1 Å². The number of aryl methyl sites for hydroxylation is 1. The minimum absolute atomic E-state index is 0.000174. The van der Waals surface area contributed by atoms with Crippen molar-refractivity contribution in [3.63, 3.8) is 0 Å². The third-order valence-electron chi connectivity index (χ3n) is 4.07. The maximum absolute atomic E-state index is 11.6. The van der Waals surface area contributed by atoms with Gasteiger partial charge in [-0.25, -0.2) is 0 Å². The van der Waals surface area contributed by atoms with E-state index in [0.29, 0.717) is 0 Å². The van der Waals surface area contributed by atoms with Gasteiger partial charge in [-0.2, -0.15) is 0 Å². The number of allylic oxidation sites excluding steroid dienone is 3. The molecular formula is C20H26N2O. The van der Waals surface area contributed by atoms with Crippen molar-refractivity contribution >= 4 is 5.91 Å². The smallest absolute Gasteiger partial charge is 0.217 e. The summed E-state index contributed by atoms with van der Waals surface area (Å²) in [7, 11) is 0. The fourth-order valence-corrected chi connectivity index (χ4v) is 2.94. The number of carbonyl (C=O) groups is 1. The van der Waals surface area contributed by atoms with Crippen molar-refractivity contribution in [2.45, 2.75) is 46.2 Å². The highest BCUT2D eigenvalue weighted by molar-refractivity contribution is 5.73. The quantitative estimate of drug-likeness (QED) is 0.884. The zero-order valence-corrected chi connectivity index (χ0v) is 14.4. The summed E-state index contributed by atoms with van der Waals surface area (Å²) in [5, 5.41) is 6.63. The molecule has 1 aliphatic rings. The first-order valence-corrected chi connectivity index (χ1v) is 8.15. The summed E-state index contributed by atoms with van der Waals surface area (Å²) < 4.78 is 0. The Morgan fingerprint density at radius 1 is 1.35 bits per heavy atom. The Kier molecular flexibility index (Phi) is 5.80. The largest absolute Gasteiger partial charge is 0.379 e. The van der Waals surface area contributed by atoms with Crippen molar-refractivity contribution in [2.75, 3.05) is 0 Å². The maximum Gasteiger partial charge on any atom is 0.217 e. The van der Waals surface area contributed by atoms with Gasteiger partial charge in [0, 0.05) is 18.7 Å². The van der Waals surface area contributed by atoms with Crippen LogP contribution in [0.5, 0.6) is 0 Å². The molecule has 1 amide bonds. The number of hydrogen-bond acceptors (Lipinski definition) is 2. The van der Waals surface area contributed by atoms with Crippen LogP contribution in [0.4, 0.5) is 0 Å². The van der Waals surface area contributed by atoms with Gasteiger partial charge >= 0.3 is 0 Å². The van der Waals surface area contributed by atoms with Gasteiger partial charge in [-0.05, 0) is 38.3 Å². The highest BCUT2D eigenvalue weighted by Gasteiger charge is 2.20. The number of carbonyl (C=O) groups excluding carboxylic acids is 1. The van der Waals surface area contributed by atoms with Crippen LogP contribution in [-0.2, 0) is 4.79 Å². The highest BCUT2D eigenvalue weighted by atomic mass is 16.1. The highest BCUT2D eigenvalue weighted by Crippen LogP contribution is 2.24. The van der Waals surface area contributed by atoms with Crippen LogP contribution in [0, 0.1) is 6.92 Å². The molecule has 3 heteroatoms. The number of hydrogen-bond donors (Lipinski definition) is 2. The first-order valence-electron chi connectivity index (χ1n) is 8.15. The van der Waals surface area contributed by atoms with Gasteiger partial charge < -0.3 is 10.6 Å². The third kappa shape index (κ3) is 4.59. The van der Waals surface area contributed by atoms with Crippen LogP contribution >= 0.6 is 0 Å². The third-order valence-corrected chi connectivity index (χ3v) is 4.07. The van der Waals surface area contributed by atoms with Crippen molar-refractivity contribution in [3.05, 3.63) is 71.0 Å². The molecule has 2 atom stereocenters. The van der Waals surface area contributed by atoms with E-state index in [0.717, 1.165) is 17.7 Å². The molecular weight excluding hydrogens is 284 g/mol. The van der Waals surface area contributed by atoms with Gasteiger partial charge in [-0.15, -0.1) is 0 Å². The van der Waals surface area contributed by atoms with Gasteiger partial charge in [-0.1, -0.05) is 54.1 Å². The Bertz CT molecular complexity index is 655. The predicted octanol–water partition coefficient (Wildman–Crippen LogP) is 3.94. The monoisotopic (exact) mass is 310 g/mol. The molecule has 1 unspecified atom stereocenters. The van der Waals surface area contributed by atoms with Gasteiger partial charge in [-0.3, -0.25) is 4.79 Å². The molecule has 2 rings (SSSR count). The van der Waals surface area contributed by atoms with E-state index < -0.39 is 0 Å². The van der Waals surface area contributed by atoms with E-state index in [2.05, 4.69) is 60.1 Å². The summed E-state index contributed by atoms with van der Waals surface area (Å²) >= 11 is 0. The first-order chi connectivity index (χ1) is 11.0. The minimum Gasteiger partial charge on any atom is -0.379 e. The SMILES string of the molecule is C/C=C1/C=CC(C[C@@H](NC(C)=O)c2cccc(C)c2)N/C1=C/C. The van der Waals surface area contributed by atoms with Gasteiger partial charge in [0.2, 0.25) is 5.91 Å². The molecule has 23 heavy (non-hydrogen) atoms. The van der Waals surface area contributed by atoms with Crippen LogP contribution in [0.15, 0.2) is 59.8 Å². The maximum atomic E-state index is 11.6. The lowest BCUT2D eigenvalue weighted by atomic mass is 9.94. The van der Waals surface area contributed by atoms with E-state index in [4.69, 9.17) is 0 Å². The molecule has 0 saturated heterocycles. The lowest BCUT2D eigenvalue weighted by Gasteiger charge is -2.28. The summed E-state index contributed by atoms with van der Waals surface area (Å²) in [6, 6.07) is 8.53. The molecule has 0 radical (unpaired) electrons. The van der Waals surface area contributed by atoms with Crippen LogP contribution in [0.3, 0.4) is 0 Å². The average molecular weight is 310 g/mol. The summed E-state index contributed by atoms with van der Waals surface area (Å²) in [5.41, 5.74) is 4.70. The zero-order valence-electron chi connectivity index (χ0n) is 14.4. The van der Waals surface area contributed by atoms with Crippen molar-refractivity contribution in [3.8, 4) is 0 Å². The predicted molar refractivity (Wildman–Crippen MR) is 95.9 cm³/mol. The molecule has 0 aromatic heterocycles. The molecule has 1 aromatic rings. The minimum atomic E-state index is -0.00306. The lowest BCUT2D eigenvalue weighted by Crippen LogP contribution is -2.36. The van der Waals surface area contributed by atoms with Crippen LogP contribution in [0.1, 0.15) is 44.4 Å². The lowest BCUT2D eigenvalue weighted by molar-refractivity contribution is -0.119. The van der Waals surface area contributed by atoms with Gasteiger partial charge in [0.15, 0.2) is 0 Å². The summed E-state index contributed by atoms with van der Waals surface area (Å²) in [4.78, 5) is 11.6. The van der Waals surface area contributed by atoms with Gasteiger partial charge in [0.1, 0.15) is 0 Å². The van der Waals surface area contributed by atoms with Crippen LogP contribution < -0.4 is 10.6 Å². The second-order valence-electron chi connectivity index (χ2n) is 5.96. The Labute approximate surface area is 139 Å². The summed E-state index contributed by atoms with van der Waals surface area (Å²) in [6.45, 7) is 7.72. The molecule has 0 fully saturated rings. The second kappa shape index (κ2) is 7.82.